The maximum Gasteiger partial charge on any atom is 0.260 e. The molecule has 0 radical (unpaired) electrons. The summed E-state index contributed by atoms with van der Waals surface area (Å²) >= 11 is 1.51. The van der Waals surface area contributed by atoms with Gasteiger partial charge in [-0.3, -0.25) is 4.79 Å². The number of rotatable bonds is 7. The Labute approximate surface area is 138 Å². The standard InChI is InChI=1S/C17H19N3O2S/c1-22-9-5-8-18-10-14-19-16(21)15-13(11-23-17(15)20-14)12-6-3-2-4-7-12/h2-4,6-7,11,18H,5,8-10H2,1H3,(H,19,20,21). The van der Waals surface area contributed by atoms with Crippen LogP contribution in [0.1, 0.15) is 12.2 Å². The predicted octanol–water partition coefficient (Wildman–Crippen LogP) is 2.78. The van der Waals surface area contributed by atoms with Crippen molar-refractivity contribution in [1.29, 1.82) is 0 Å². The zero-order valence-electron chi connectivity index (χ0n) is 13.0. The van der Waals surface area contributed by atoms with Crippen molar-refractivity contribution >= 4 is 21.6 Å². The lowest BCUT2D eigenvalue weighted by Gasteiger charge is -2.04. The Morgan fingerprint density at radius 3 is 2.91 bits per heavy atom. The van der Waals surface area contributed by atoms with Crippen LogP contribution in [0.3, 0.4) is 0 Å². The molecule has 3 aromatic rings. The number of aromatic nitrogens is 2. The second kappa shape index (κ2) is 7.50. The van der Waals surface area contributed by atoms with Crippen LogP contribution in [0.4, 0.5) is 0 Å². The number of fused-ring (bicyclic) bond motifs is 1. The number of hydrogen-bond donors (Lipinski definition) is 2. The quantitative estimate of drug-likeness (QED) is 0.654. The lowest BCUT2D eigenvalue weighted by molar-refractivity contribution is 0.194. The first-order valence-electron chi connectivity index (χ1n) is 7.55. The number of nitrogens with zero attached hydrogens (tertiary/aromatic N) is 1. The highest BCUT2D eigenvalue weighted by molar-refractivity contribution is 7.17. The van der Waals surface area contributed by atoms with Crippen molar-refractivity contribution in [3.63, 3.8) is 0 Å². The third-order valence-electron chi connectivity index (χ3n) is 3.57. The summed E-state index contributed by atoms with van der Waals surface area (Å²) in [7, 11) is 1.69. The third kappa shape index (κ3) is 3.67. The van der Waals surface area contributed by atoms with Gasteiger partial charge in [0.2, 0.25) is 0 Å². The summed E-state index contributed by atoms with van der Waals surface area (Å²) in [5, 5.41) is 5.93. The largest absolute Gasteiger partial charge is 0.385 e. The molecule has 0 bridgehead atoms. The van der Waals surface area contributed by atoms with Gasteiger partial charge in [0, 0.05) is 24.7 Å². The first-order chi connectivity index (χ1) is 11.3. The monoisotopic (exact) mass is 329 g/mol. The van der Waals surface area contributed by atoms with Crippen LogP contribution in [0.25, 0.3) is 21.3 Å². The van der Waals surface area contributed by atoms with Crippen LogP contribution in [-0.4, -0.2) is 30.2 Å². The molecule has 0 atom stereocenters. The predicted molar refractivity (Wildman–Crippen MR) is 93.9 cm³/mol. The van der Waals surface area contributed by atoms with Crippen LogP contribution in [0.2, 0.25) is 0 Å². The van der Waals surface area contributed by atoms with Crippen molar-refractivity contribution in [1.82, 2.24) is 15.3 Å². The molecule has 5 nitrogen and oxygen atoms in total. The number of H-pyrrole nitrogens is 1. The molecule has 0 aliphatic carbocycles. The van der Waals surface area contributed by atoms with Crippen molar-refractivity contribution in [2.75, 3.05) is 20.3 Å². The van der Waals surface area contributed by atoms with Gasteiger partial charge in [-0.05, 0) is 18.5 Å². The molecule has 1 aromatic carbocycles. The van der Waals surface area contributed by atoms with Gasteiger partial charge >= 0.3 is 0 Å². The molecule has 0 saturated carbocycles. The van der Waals surface area contributed by atoms with Crippen molar-refractivity contribution in [3.8, 4) is 11.1 Å². The number of methoxy groups -OCH3 is 1. The molecular weight excluding hydrogens is 310 g/mol. The fraction of sp³-hybridized carbons (Fsp3) is 0.294. The molecule has 0 aliphatic rings. The van der Waals surface area contributed by atoms with Gasteiger partial charge in [-0.25, -0.2) is 4.98 Å². The maximum atomic E-state index is 12.5. The Morgan fingerprint density at radius 2 is 2.13 bits per heavy atom. The van der Waals surface area contributed by atoms with E-state index in [1.165, 1.54) is 11.3 Å². The molecular formula is C17H19N3O2S. The SMILES string of the molecule is COCCCNCc1nc2scc(-c3ccccc3)c2c(=O)[nH]1. The van der Waals surface area contributed by atoms with Crippen LogP contribution in [0.5, 0.6) is 0 Å². The normalized spacial score (nSPS) is 11.2. The van der Waals surface area contributed by atoms with Crippen LogP contribution in [0.15, 0.2) is 40.5 Å². The van der Waals surface area contributed by atoms with Crippen LogP contribution >= 0.6 is 11.3 Å². The summed E-state index contributed by atoms with van der Waals surface area (Å²) in [6.07, 6.45) is 0.931. The first-order valence-corrected chi connectivity index (χ1v) is 8.43. The molecule has 0 unspecified atom stereocenters. The number of benzene rings is 1. The van der Waals surface area contributed by atoms with Gasteiger partial charge in [-0.1, -0.05) is 30.3 Å². The van der Waals surface area contributed by atoms with E-state index < -0.39 is 0 Å². The highest BCUT2D eigenvalue weighted by Crippen LogP contribution is 2.30. The molecule has 120 valence electrons. The minimum atomic E-state index is -0.0798. The molecule has 0 saturated heterocycles. The zero-order valence-corrected chi connectivity index (χ0v) is 13.8. The van der Waals surface area contributed by atoms with Gasteiger partial charge in [0.1, 0.15) is 10.7 Å². The van der Waals surface area contributed by atoms with Crippen LogP contribution in [0, 0.1) is 0 Å². The molecule has 2 N–H and O–H groups in total. The van der Waals surface area contributed by atoms with Crippen molar-refractivity contribution in [2.24, 2.45) is 0 Å². The van der Waals surface area contributed by atoms with E-state index in [2.05, 4.69) is 15.3 Å². The Bertz CT molecular complexity index is 827. The highest BCUT2D eigenvalue weighted by atomic mass is 32.1. The third-order valence-corrected chi connectivity index (χ3v) is 4.44. The van der Waals surface area contributed by atoms with E-state index in [9.17, 15) is 4.79 Å². The molecule has 6 heteroatoms. The van der Waals surface area contributed by atoms with Gasteiger partial charge in [-0.15, -0.1) is 11.3 Å². The Hall–Kier alpha value is -2.02. The summed E-state index contributed by atoms with van der Waals surface area (Å²) in [6.45, 7) is 2.10. The zero-order chi connectivity index (χ0) is 16.1. The fourth-order valence-electron chi connectivity index (χ4n) is 2.46. The summed E-state index contributed by atoms with van der Waals surface area (Å²) in [5.74, 6) is 0.668. The molecule has 23 heavy (non-hydrogen) atoms. The van der Waals surface area contributed by atoms with E-state index in [0.29, 0.717) is 17.8 Å². The van der Waals surface area contributed by atoms with Crippen LogP contribution in [-0.2, 0) is 11.3 Å². The van der Waals surface area contributed by atoms with Crippen LogP contribution < -0.4 is 10.9 Å². The molecule has 2 heterocycles. The second-order valence-corrected chi connectivity index (χ2v) is 6.09. The van der Waals surface area contributed by atoms with E-state index in [0.717, 1.165) is 35.5 Å². The molecule has 3 rings (SSSR count). The van der Waals surface area contributed by atoms with Crippen molar-refractivity contribution in [2.45, 2.75) is 13.0 Å². The van der Waals surface area contributed by atoms with E-state index in [1.54, 1.807) is 7.11 Å². The van der Waals surface area contributed by atoms with E-state index in [-0.39, 0.29) is 5.56 Å². The lowest BCUT2D eigenvalue weighted by atomic mass is 10.1. The average Bonchev–Trinajstić information content (AvgIpc) is 3.00. The first kappa shape index (κ1) is 15.9. The van der Waals surface area contributed by atoms with Gasteiger partial charge in [0.15, 0.2) is 0 Å². The second-order valence-electron chi connectivity index (χ2n) is 5.23. The van der Waals surface area contributed by atoms with Gasteiger partial charge in [0.05, 0.1) is 11.9 Å². The van der Waals surface area contributed by atoms with Gasteiger partial charge < -0.3 is 15.0 Å². The van der Waals surface area contributed by atoms with Gasteiger partial charge in [0.25, 0.3) is 5.56 Å². The fourth-order valence-corrected chi connectivity index (χ4v) is 3.42. The maximum absolute atomic E-state index is 12.5. The Kier molecular flexibility index (Phi) is 5.17. The summed E-state index contributed by atoms with van der Waals surface area (Å²) in [4.78, 5) is 20.7. The van der Waals surface area contributed by atoms with E-state index in [1.807, 2.05) is 35.7 Å². The summed E-state index contributed by atoms with van der Waals surface area (Å²) < 4.78 is 5.00. The molecule has 0 spiro atoms. The molecule has 0 aliphatic heterocycles. The number of aromatic amines is 1. The summed E-state index contributed by atoms with van der Waals surface area (Å²) in [6, 6.07) is 9.92. The highest BCUT2D eigenvalue weighted by Gasteiger charge is 2.12. The smallest absolute Gasteiger partial charge is 0.260 e. The topological polar surface area (TPSA) is 67.0 Å². The number of hydrogen-bond acceptors (Lipinski definition) is 5. The van der Waals surface area contributed by atoms with E-state index >= 15 is 0 Å². The minimum absolute atomic E-state index is 0.0798. The molecule has 2 aromatic heterocycles. The Morgan fingerprint density at radius 1 is 1.30 bits per heavy atom. The average molecular weight is 329 g/mol. The van der Waals surface area contributed by atoms with Crippen molar-refractivity contribution < 1.29 is 4.74 Å². The minimum Gasteiger partial charge on any atom is -0.385 e. The van der Waals surface area contributed by atoms with Gasteiger partial charge in [-0.2, -0.15) is 0 Å². The number of thiophene rings is 1. The van der Waals surface area contributed by atoms with Crippen molar-refractivity contribution in [3.05, 3.63) is 51.9 Å². The summed E-state index contributed by atoms with van der Waals surface area (Å²) in [5.41, 5.74) is 1.90. The number of ether oxygens (including phenoxy) is 1. The lowest BCUT2D eigenvalue weighted by Crippen LogP contribution is -2.20. The Balaban J connectivity index is 1.82. The van der Waals surface area contributed by atoms with E-state index in [4.69, 9.17) is 4.74 Å². The molecule has 0 amide bonds. The number of nitrogens with one attached hydrogen (secondary N) is 2. The molecule has 0 fully saturated rings.